The number of carbonyl (C=O) groups excluding carboxylic acids is 1. The van der Waals surface area contributed by atoms with E-state index in [1.54, 1.807) is 23.5 Å². The van der Waals surface area contributed by atoms with Gasteiger partial charge in [0, 0.05) is 16.8 Å². The van der Waals surface area contributed by atoms with Crippen LogP contribution in [0.2, 0.25) is 5.02 Å². The number of nitrogens with one attached hydrogen (secondary N) is 1. The number of nitrogens with zero attached hydrogens (tertiary/aromatic N) is 1. The SMILES string of the molecule is Cc1ccc(NC(=O)Cc2cc(-c3cccs3)on2)cc1Cl. The smallest absolute Gasteiger partial charge is 0.230 e. The summed E-state index contributed by atoms with van der Waals surface area (Å²) in [7, 11) is 0. The van der Waals surface area contributed by atoms with Crippen LogP contribution in [0.15, 0.2) is 46.3 Å². The molecule has 1 aromatic carbocycles. The lowest BCUT2D eigenvalue weighted by atomic mass is 10.2. The first-order valence-electron chi connectivity index (χ1n) is 6.67. The Morgan fingerprint density at radius 1 is 1.36 bits per heavy atom. The molecular weight excluding hydrogens is 320 g/mol. The van der Waals surface area contributed by atoms with Gasteiger partial charge in [0.1, 0.15) is 0 Å². The Morgan fingerprint density at radius 3 is 2.95 bits per heavy atom. The van der Waals surface area contributed by atoms with E-state index in [9.17, 15) is 4.79 Å². The van der Waals surface area contributed by atoms with Crippen LogP contribution in [0, 0.1) is 6.92 Å². The Hall–Kier alpha value is -2.11. The quantitative estimate of drug-likeness (QED) is 0.762. The van der Waals surface area contributed by atoms with Gasteiger partial charge in [0.05, 0.1) is 17.0 Å². The molecule has 0 radical (unpaired) electrons. The molecule has 0 atom stereocenters. The molecule has 0 unspecified atom stereocenters. The molecule has 0 saturated heterocycles. The first-order chi connectivity index (χ1) is 10.6. The van der Waals surface area contributed by atoms with Crippen molar-refractivity contribution in [2.24, 2.45) is 0 Å². The molecule has 2 aromatic heterocycles. The van der Waals surface area contributed by atoms with Gasteiger partial charge in [-0.05, 0) is 36.1 Å². The molecule has 0 aliphatic heterocycles. The van der Waals surface area contributed by atoms with E-state index in [1.165, 1.54) is 0 Å². The molecule has 0 spiro atoms. The second kappa shape index (κ2) is 6.34. The van der Waals surface area contributed by atoms with Crippen LogP contribution in [-0.4, -0.2) is 11.1 Å². The molecule has 0 aliphatic rings. The lowest BCUT2D eigenvalue weighted by Gasteiger charge is -2.05. The van der Waals surface area contributed by atoms with Crippen LogP contribution in [0.3, 0.4) is 0 Å². The number of thiophene rings is 1. The van der Waals surface area contributed by atoms with Crippen LogP contribution in [0.25, 0.3) is 10.6 Å². The van der Waals surface area contributed by atoms with Crippen molar-refractivity contribution in [3.8, 4) is 10.6 Å². The number of hydrogen-bond acceptors (Lipinski definition) is 4. The van der Waals surface area contributed by atoms with Gasteiger partial charge >= 0.3 is 0 Å². The van der Waals surface area contributed by atoms with Crippen LogP contribution < -0.4 is 5.32 Å². The van der Waals surface area contributed by atoms with Gasteiger partial charge in [0.2, 0.25) is 5.91 Å². The average molecular weight is 333 g/mol. The predicted molar refractivity (Wildman–Crippen MR) is 88.3 cm³/mol. The summed E-state index contributed by atoms with van der Waals surface area (Å²) in [5.41, 5.74) is 2.23. The molecule has 112 valence electrons. The summed E-state index contributed by atoms with van der Waals surface area (Å²) >= 11 is 7.61. The van der Waals surface area contributed by atoms with Crippen molar-refractivity contribution in [2.75, 3.05) is 5.32 Å². The fourth-order valence-corrected chi connectivity index (χ4v) is 2.82. The van der Waals surface area contributed by atoms with Crippen LogP contribution in [-0.2, 0) is 11.2 Å². The van der Waals surface area contributed by atoms with Crippen LogP contribution in [0.5, 0.6) is 0 Å². The largest absolute Gasteiger partial charge is 0.355 e. The van der Waals surface area contributed by atoms with E-state index < -0.39 is 0 Å². The third-order valence-electron chi connectivity index (χ3n) is 3.12. The van der Waals surface area contributed by atoms with Crippen LogP contribution in [0.4, 0.5) is 5.69 Å². The molecule has 3 rings (SSSR count). The lowest BCUT2D eigenvalue weighted by molar-refractivity contribution is -0.115. The molecule has 3 aromatic rings. The molecule has 1 amide bonds. The fourth-order valence-electron chi connectivity index (χ4n) is 1.97. The monoisotopic (exact) mass is 332 g/mol. The minimum Gasteiger partial charge on any atom is -0.355 e. The zero-order chi connectivity index (χ0) is 15.5. The summed E-state index contributed by atoms with van der Waals surface area (Å²) < 4.78 is 5.25. The first-order valence-corrected chi connectivity index (χ1v) is 7.93. The van der Waals surface area contributed by atoms with Gasteiger partial charge in [0.25, 0.3) is 0 Å². The number of benzene rings is 1. The Bertz CT molecular complexity index is 796. The average Bonchev–Trinajstić information content (AvgIpc) is 3.13. The Kier molecular flexibility index (Phi) is 4.27. The van der Waals surface area contributed by atoms with Crippen molar-refractivity contribution in [2.45, 2.75) is 13.3 Å². The first kappa shape index (κ1) is 14.8. The van der Waals surface area contributed by atoms with E-state index in [2.05, 4.69) is 10.5 Å². The maximum Gasteiger partial charge on any atom is 0.230 e. The maximum absolute atomic E-state index is 12.0. The molecule has 6 heteroatoms. The fraction of sp³-hybridized carbons (Fsp3) is 0.125. The van der Waals surface area contributed by atoms with Crippen molar-refractivity contribution in [3.63, 3.8) is 0 Å². The van der Waals surface area contributed by atoms with Gasteiger partial charge in [-0.15, -0.1) is 11.3 Å². The number of aromatic nitrogens is 1. The summed E-state index contributed by atoms with van der Waals surface area (Å²) in [6.07, 6.45) is 0.153. The van der Waals surface area contributed by atoms with Gasteiger partial charge in [-0.1, -0.05) is 28.9 Å². The molecule has 0 fully saturated rings. The number of amides is 1. The Balaban J connectivity index is 1.65. The second-order valence-corrected chi connectivity index (χ2v) is 6.20. The third-order valence-corrected chi connectivity index (χ3v) is 4.41. The highest BCUT2D eigenvalue weighted by atomic mass is 35.5. The highest BCUT2D eigenvalue weighted by molar-refractivity contribution is 7.13. The minimum atomic E-state index is -0.161. The van der Waals surface area contributed by atoms with E-state index in [4.69, 9.17) is 16.1 Å². The van der Waals surface area contributed by atoms with Gasteiger partial charge in [-0.2, -0.15) is 0 Å². The minimum absolute atomic E-state index is 0.153. The van der Waals surface area contributed by atoms with E-state index in [-0.39, 0.29) is 12.3 Å². The van der Waals surface area contributed by atoms with Gasteiger partial charge in [-0.3, -0.25) is 4.79 Å². The highest BCUT2D eigenvalue weighted by Gasteiger charge is 2.11. The topological polar surface area (TPSA) is 55.1 Å². The lowest BCUT2D eigenvalue weighted by Crippen LogP contribution is -2.14. The second-order valence-electron chi connectivity index (χ2n) is 4.85. The number of rotatable bonds is 4. The van der Waals surface area contributed by atoms with E-state index >= 15 is 0 Å². The summed E-state index contributed by atoms with van der Waals surface area (Å²) in [5.74, 6) is 0.516. The highest BCUT2D eigenvalue weighted by Crippen LogP contribution is 2.25. The number of halogens is 1. The van der Waals surface area contributed by atoms with Gasteiger partial charge < -0.3 is 9.84 Å². The Morgan fingerprint density at radius 2 is 2.23 bits per heavy atom. The van der Waals surface area contributed by atoms with Crippen molar-refractivity contribution in [1.29, 1.82) is 0 Å². The number of carbonyl (C=O) groups is 1. The summed E-state index contributed by atoms with van der Waals surface area (Å²) in [5, 5.41) is 9.32. The Labute approximate surface area is 136 Å². The predicted octanol–water partition coefficient (Wildman–Crippen LogP) is 4.55. The van der Waals surface area contributed by atoms with Crippen LogP contribution >= 0.6 is 22.9 Å². The van der Waals surface area contributed by atoms with Gasteiger partial charge in [0.15, 0.2) is 5.76 Å². The van der Waals surface area contributed by atoms with Gasteiger partial charge in [-0.25, -0.2) is 0 Å². The molecule has 0 aliphatic carbocycles. The van der Waals surface area contributed by atoms with Crippen molar-refractivity contribution < 1.29 is 9.32 Å². The standard InChI is InChI=1S/C16H13ClN2O2S/c1-10-4-5-11(7-13(10)17)18-16(20)9-12-8-14(21-19-12)15-3-2-6-22-15/h2-8H,9H2,1H3,(H,18,20). The van der Waals surface area contributed by atoms with E-state index in [0.717, 1.165) is 10.4 Å². The van der Waals surface area contributed by atoms with E-state index in [1.807, 2.05) is 36.6 Å². The molecule has 0 saturated carbocycles. The van der Waals surface area contributed by atoms with E-state index in [0.29, 0.717) is 22.2 Å². The van der Waals surface area contributed by atoms with Crippen LogP contribution in [0.1, 0.15) is 11.3 Å². The molecule has 22 heavy (non-hydrogen) atoms. The summed E-state index contributed by atoms with van der Waals surface area (Å²) in [6, 6.07) is 11.1. The molecule has 1 N–H and O–H groups in total. The molecular formula is C16H13ClN2O2S. The van der Waals surface area contributed by atoms with Crippen molar-refractivity contribution in [3.05, 3.63) is 58.1 Å². The zero-order valence-corrected chi connectivity index (χ0v) is 13.4. The number of anilines is 1. The third kappa shape index (κ3) is 3.37. The molecule has 4 nitrogen and oxygen atoms in total. The molecule has 0 bridgehead atoms. The molecule has 2 heterocycles. The van der Waals surface area contributed by atoms with Crippen molar-refractivity contribution in [1.82, 2.24) is 5.16 Å². The van der Waals surface area contributed by atoms with Crippen molar-refractivity contribution >= 4 is 34.5 Å². The number of aryl methyl sites for hydroxylation is 1. The number of hydrogen-bond donors (Lipinski definition) is 1. The normalized spacial score (nSPS) is 10.6. The summed E-state index contributed by atoms with van der Waals surface area (Å²) in [4.78, 5) is 13.0. The summed E-state index contributed by atoms with van der Waals surface area (Å²) in [6.45, 7) is 1.91. The maximum atomic E-state index is 12.0. The zero-order valence-electron chi connectivity index (χ0n) is 11.8.